The maximum atomic E-state index is 13.1. The van der Waals surface area contributed by atoms with Gasteiger partial charge in [0.15, 0.2) is 5.78 Å². The zero-order valence-corrected chi connectivity index (χ0v) is 14.9. The largest absolute Gasteiger partial charge is 0.444 e. The molecule has 0 saturated heterocycles. The van der Waals surface area contributed by atoms with Crippen LogP contribution >= 0.6 is 0 Å². The van der Waals surface area contributed by atoms with Crippen LogP contribution in [0.15, 0.2) is 83.5 Å². The highest BCUT2D eigenvalue weighted by Crippen LogP contribution is 2.43. The number of nitrogens with zero attached hydrogens (tertiary/aromatic N) is 1. The first-order chi connectivity index (χ1) is 13.2. The van der Waals surface area contributed by atoms with Crippen LogP contribution in [0.1, 0.15) is 29.9 Å². The van der Waals surface area contributed by atoms with Crippen LogP contribution in [0.25, 0.3) is 0 Å². The minimum atomic E-state index is -0.342. The van der Waals surface area contributed by atoms with Gasteiger partial charge in [0.2, 0.25) is 5.88 Å². The van der Waals surface area contributed by atoms with Gasteiger partial charge < -0.3 is 10.5 Å². The van der Waals surface area contributed by atoms with E-state index >= 15 is 0 Å². The molecule has 1 aliphatic carbocycles. The Balaban J connectivity index is 1.71. The number of Topliss-reactive ketones (excluding diaryl/α,β-unsaturated/α-hetero) is 1. The highest BCUT2D eigenvalue weighted by Gasteiger charge is 2.40. The van der Waals surface area contributed by atoms with E-state index in [0.717, 1.165) is 11.1 Å². The van der Waals surface area contributed by atoms with Crippen LogP contribution in [-0.4, -0.2) is 5.78 Å². The molecule has 0 bridgehead atoms. The summed E-state index contributed by atoms with van der Waals surface area (Å²) in [6, 6.07) is 22.0. The Labute approximate surface area is 158 Å². The van der Waals surface area contributed by atoms with Crippen molar-refractivity contribution in [1.82, 2.24) is 0 Å². The summed E-state index contributed by atoms with van der Waals surface area (Å²) >= 11 is 0. The molecule has 27 heavy (non-hydrogen) atoms. The molecule has 4 nitrogen and oxygen atoms in total. The average molecular weight is 356 g/mol. The molecule has 0 fully saturated rings. The van der Waals surface area contributed by atoms with Crippen molar-refractivity contribution in [2.24, 2.45) is 11.7 Å². The summed E-state index contributed by atoms with van der Waals surface area (Å²) in [5.41, 5.74) is 9.22. The van der Waals surface area contributed by atoms with E-state index in [1.165, 1.54) is 0 Å². The lowest BCUT2D eigenvalue weighted by atomic mass is 9.74. The van der Waals surface area contributed by atoms with Crippen LogP contribution in [0, 0.1) is 17.2 Å². The molecule has 2 aliphatic rings. The Hall–Kier alpha value is -3.32. The number of allylic oxidation sites excluding steroid dienone is 3. The van der Waals surface area contributed by atoms with Crippen LogP contribution in [0.2, 0.25) is 0 Å². The van der Waals surface area contributed by atoms with E-state index in [1.54, 1.807) is 0 Å². The quantitative estimate of drug-likeness (QED) is 0.903. The van der Waals surface area contributed by atoms with Crippen LogP contribution in [0.4, 0.5) is 0 Å². The topological polar surface area (TPSA) is 76.1 Å². The second kappa shape index (κ2) is 7.13. The SMILES string of the molecule is N#CC1=C(N)OC2=C(C(=O)C[C@@H](c3ccccc3)C2)[C@@H]1Cc1ccccc1. The van der Waals surface area contributed by atoms with Gasteiger partial charge in [0.05, 0.1) is 5.57 Å². The summed E-state index contributed by atoms with van der Waals surface area (Å²) in [7, 11) is 0. The minimum Gasteiger partial charge on any atom is -0.444 e. The van der Waals surface area contributed by atoms with E-state index in [-0.39, 0.29) is 23.5 Å². The third kappa shape index (κ3) is 3.24. The van der Waals surface area contributed by atoms with E-state index in [2.05, 4.69) is 6.07 Å². The standard InChI is InChI=1S/C23H20N2O2/c24-14-19-18(11-15-7-3-1-4-8-15)22-20(26)12-17(13-21(22)27-23(19)25)16-9-5-2-6-10-16/h1-10,17-18H,11-13,25H2/t17-,18-/m1/s1. The van der Waals surface area contributed by atoms with Crippen molar-refractivity contribution in [3.05, 3.63) is 94.6 Å². The summed E-state index contributed by atoms with van der Waals surface area (Å²) in [5.74, 6) is 0.527. The maximum absolute atomic E-state index is 13.1. The molecule has 0 radical (unpaired) electrons. The van der Waals surface area contributed by atoms with E-state index in [9.17, 15) is 10.1 Å². The Morgan fingerprint density at radius 3 is 2.37 bits per heavy atom. The maximum Gasteiger partial charge on any atom is 0.204 e. The zero-order valence-electron chi connectivity index (χ0n) is 14.9. The molecular weight excluding hydrogens is 336 g/mol. The molecule has 0 amide bonds. The second-order valence-corrected chi connectivity index (χ2v) is 7.01. The van der Waals surface area contributed by atoms with Gasteiger partial charge in [-0.2, -0.15) is 5.26 Å². The van der Waals surface area contributed by atoms with Gasteiger partial charge in [-0.15, -0.1) is 0 Å². The first-order valence-corrected chi connectivity index (χ1v) is 9.10. The predicted molar refractivity (Wildman–Crippen MR) is 102 cm³/mol. The normalized spacial score (nSPS) is 22.1. The average Bonchev–Trinajstić information content (AvgIpc) is 2.69. The second-order valence-electron chi connectivity index (χ2n) is 7.01. The summed E-state index contributed by atoms with van der Waals surface area (Å²) in [5, 5.41) is 9.61. The van der Waals surface area contributed by atoms with Crippen molar-refractivity contribution in [3.8, 4) is 6.07 Å². The van der Waals surface area contributed by atoms with E-state index < -0.39 is 0 Å². The first-order valence-electron chi connectivity index (χ1n) is 9.10. The summed E-state index contributed by atoms with van der Waals surface area (Å²) in [6.45, 7) is 0. The van der Waals surface area contributed by atoms with Crippen molar-refractivity contribution < 1.29 is 9.53 Å². The van der Waals surface area contributed by atoms with Gasteiger partial charge in [-0.3, -0.25) is 4.79 Å². The third-order valence-corrected chi connectivity index (χ3v) is 5.33. The number of ether oxygens (including phenoxy) is 1. The molecule has 4 rings (SSSR count). The Bertz CT molecular complexity index is 968. The molecular formula is C23H20N2O2. The van der Waals surface area contributed by atoms with Crippen molar-refractivity contribution in [2.45, 2.75) is 25.2 Å². The van der Waals surface area contributed by atoms with Crippen molar-refractivity contribution in [2.75, 3.05) is 0 Å². The Kier molecular flexibility index (Phi) is 4.52. The fraction of sp³-hybridized carbons (Fsp3) is 0.217. The van der Waals surface area contributed by atoms with Gasteiger partial charge in [0, 0.05) is 24.3 Å². The number of ketones is 1. The number of nitrogens with two attached hydrogens (primary N) is 1. The zero-order chi connectivity index (χ0) is 18.8. The van der Waals surface area contributed by atoms with Gasteiger partial charge in [0.1, 0.15) is 11.8 Å². The molecule has 2 N–H and O–H groups in total. The highest BCUT2D eigenvalue weighted by molar-refractivity contribution is 5.99. The van der Waals surface area contributed by atoms with Crippen molar-refractivity contribution in [1.29, 1.82) is 5.26 Å². The van der Waals surface area contributed by atoms with Crippen molar-refractivity contribution >= 4 is 5.78 Å². The number of hydrogen-bond acceptors (Lipinski definition) is 4. The smallest absolute Gasteiger partial charge is 0.204 e. The monoisotopic (exact) mass is 356 g/mol. The third-order valence-electron chi connectivity index (χ3n) is 5.33. The molecule has 1 heterocycles. The molecule has 0 saturated carbocycles. The molecule has 2 aromatic rings. The van der Waals surface area contributed by atoms with E-state index in [4.69, 9.17) is 10.5 Å². The molecule has 4 heteroatoms. The molecule has 2 atom stereocenters. The number of carbonyl (C=O) groups excluding carboxylic acids is 1. The highest BCUT2D eigenvalue weighted by atomic mass is 16.5. The van der Waals surface area contributed by atoms with Gasteiger partial charge in [-0.1, -0.05) is 60.7 Å². The number of rotatable bonds is 3. The van der Waals surface area contributed by atoms with Gasteiger partial charge in [-0.25, -0.2) is 0 Å². The first kappa shape index (κ1) is 17.1. The fourth-order valence-corrected chi connectivity index (χ4v) is 4.03. The van der Waals surface area contributed by atoms with Gasteiger partial charge in [0.25, 0.3) is 0 Å². The summed E-state index contributed by atoms with van der Waals surface area (Å²) in [6.07, 6.45) is 1.61. The molecule has 0 aromatic heterocycles. The minimum absolute atomic E-state index is 0.0475. The van der Waals surface area contributed by atoms with Crippen LogP contribution in [-0.2, 0) is 16.0 Å². The molecule has 2 aromatic carbocycles. The summed E-state index contributed by atoms with van der Waals surface area (Å²) < 4.78 is 5.78. The number of nitriles is 1. The lowest BCUT2D eigenvalue weighted by Crippen LogP contribution is -2.31. The van der Waals surface area contributed by atoms with Gasteiger partial charge in [-0.05, 0) is 23.5 Å². The molecule has 134 valence electrons. The molecule has 1 aliphatic heterocycles. The van der Waals surface area contributed by atoms with Crippen LogP contribution < -0.4 is 5.73 Å². The summed E-state index contributed by atoms with van der Waals surface area (Å²) in [4.78, 5) is 13.1. The Morgan fingerprint density at radius 2 is 1.70 bits per heavy atom. The van der Waals surface area contributed by atoms with Gasteiger partial charge >= 0.3 is 0 Å². The van der Waals surface area contributed by atoms with Crippen LogP contribution in [0.3, 0.4) is 0 Å². The lowest BCUT2D eigenvalue weighted by molar-refractivity contribution is -0.117. The number of hydrogen-bond donors (Lipinski definition) is 1. The molecule has 0 spiro atoms. The van der Waals surface area contributed by atoms with E-state index in [1.807, 2.05) is 60.7 Å². The predicted octanol–water partition coefficient (Wildman–Crippen LogP) is 3.97. The van der Waals surface area contributed by atoms with E-state index in [0.29, 0.717) is 36.2 Å². The Morgan fingerprint density at radius 1 is 1.04 bits per heavy atom. The number of benzene rings is 2. The lowest BCUT2D eigenvalue weighted by Gasteiger charge is -2.34. The van der Waals surface area contributed by atoms with Crippen LogP contribution in [0.5, 0.6) is 0 Å². The fourth-order valence-electron chi connectivity index (χ4n) is 4.03. The molecule has 0 unspecified atom stereocenters. The van der Waals surface area contributed by atoms with Crippen molar-refractivity contribution in [3.63, 3.8) is 0 Å². The number of carbonyl (C=O) groups is 1.